The predicted octanol–water partition coefficient (Wildman–Crippen LogP) is 2.36. The number of amides is 1. The van der Waals surface area contributed by atoms with Crippen LogP contribution in [0.15, 0.2) is 46.7 Å². The fraction of sp³-hybridized carbons (Fsp3) is 0.455. The molecular weight excluding hydrogens is 432 g/mol. The van der Waals surface area contributed by atoms with Crippen LogP contribution in [0.25, 0.3) is 0 Å². The summed E-state index contributed by atoms with van der Waals surface area (Å²) in [5, 5.41) is 11.3. The number of benzene rings is 1. The zero-order chi connectivity index (χ0) is 21.8. The van der Waals surface area contributed by atoms with Gasteiger partial charge in [0.1, 0.15) is 6.07 Å². The van der Waals surface area contributed by atoms with Crippen LogP contribution in [0, 0.1) is 17.2 Å². The van der Waals surface area contributed by atoms with Gasteiger partial charge in [0, 0.05) is 56.6 Å². The van der Waals surface area contributed by atoms with Crippen molar-refractivity contribution < 1.29 is 13.2 Å². The van der Waals surface area contributed by atoms with E-state index in [1.807, 2.05) is 11.0 Å². The second-order valence-corrected chi connectivity index (χ2v) is 10.9. The van der Waals surface area contributed by atoms with Crippen LogP contribution in [0.5, 0.6) is 0 Å². The van der Waals surface area contributed by atoms with E-state index >= 15 is 0 Å². The number of sulfonamides is 1. The molecule has 9 heteroatoms. The Balaban J connectivity index is 1.31. The van der Waals surface area contributed by atoms with Crippen LogP contribution in [0.1, 0.15) is 23.3 Å². The molecular formula is C22H26N4O3S2. The Kier molecular flexibility index (Phi) is 6.72. The van der Waals surface area contributed by atoms with Crippen molar-refractivity contribution in [2.45, 2.75) is 24.3 Å². The minimum absolute atomic E-state index is 0.0455. The van der Waals surface area contributed by atoms with Gasteiger partial charge in [0.05, 0.1) is 10.5 Å². The van der Waals surface area contributed by atoms with Crippen molar-refractivity contribution in [1.29, 1.82) is 5.26 Å². The van der Waals surface area contributed by atoms with Gasteiger partial charge in [-0.2, -0.15) is 9.57 Å². The van der Waals surface area contributed by atoms with Crippen LogP contribution >= 0.6 is 11.3 Å². The highest BCUT2D eigenvalue weighted by atomic mass is 32.2. The Morgan fingerprint density at radius 2 is 1.74 bits per heavy atom. The lowest BCUT2D eigenvalue weighted by atomic mass is 9.96. The Morgan fingerprint density at radius 3 is 2.39 bits per heavy atom. The second kappa shape index (κ2) is 9.49. The Morgan fingerprint density at radius 1 is 1.03 bits per heavy atom. The third-order valence-corrected chi connectivity index (χ3v) is 8.89. The van der Waals surface area contributed by atoms with Crippen LogP contribution in [0.3, 0.4) is 0 Å². The summed E-state index contributed by atoms with van der Waals surface area (Å²) in [7, 11) is -3.73. The smallest absolute Gasteiger partial charge is 0.244 e. The van der Waals surface area contributed by atoms with E-state index in [9.17, 15) is 18.5 Å². The molecule has 1 amide bonds. The lowest BCUT2D eigenvalue weighted by molar-refractivity contribution is -0.138. The van der Waals surface area contributed by atoms with E-state index in [1.54, 1.807) is 23.5 Å². The number of hydrogen-bond acceptors (Lipinski definition) is 6. The average Bonchev–Trinajstić information content (AvgIpc) is 3.32. The van der Waals surface area contributed by atoms with Crippen LogP contribution in [-0.2, 0) is 21.4 Å². The van der Waals surface area contributed by atoms with Gasteiger partial charge in [-0.25, -0.2) is 8.42 Å². The maximum atomic E-state index is 13.0. The SMILES string of the molecule is N#Cc1ccccc1S(=O)(=O)N1CCC(C(=O)N2CCN(Cc3cccs3)CC2)CC1. The van der Waals surface area contributed by atoms with Crippen molar-refractivity contribution in [3.05, 3.63) is 52.2 Å². The molecule has 2 aromatic rings. The van der Waals surface area contributed by atoms with E-state index in [0.29, 0.717) is 25.9 Å². The van der Waals surface area contributed by atoms with Crippen molar-refractivity contribution >= 4 is 27.3 Å². The predicted molar refractivity (Wildman–Crippen MR) is 119 cm³/mol. The molecule has 2 aliphatic heterocycles. The first kappa shape index (κ1) is 22.0. The summed E-state index contributed by atoms with van der Waals surface area (Å²) in [5.74, 6) is 0.00625. The lowest BCUT2D eigenvalue weighted by Gasteiger charge is -2.38. The van der Waals surface area contributed by atoms with Crippen LogP contribution in [0.2, 0.25) is 0 Å². The molecule has 0 bridgehead atoms. The van der Waals surface area contributed by atoms with E-state index in [2.05, 4.69) is 22.4 Å². The molecule has 7 nitrogen and oxygen atoms in total. The fourth-order valence-corrected chi connectivity index (χ4v) is 6.63. The number of rotatable bonds is 5. The maximum absolute atomic E-state index is 13.0. The van der Waals surface area contributed by atoms with Crippen molar-refractivity contribution in [1.82, 2.24) is 14.1 Å². The number of nitrogens with zero attached hydrogens (tertiary/aromatic N) is 4. The Bertz CT molecular complexity index is 1050. The van der Waals surface area contributed by atoms with Crippen LogP contribution < -0.4 is 0 Å². The number of thiophene rings is 1. The van der Waals surface area contributed by atoms with E-state index in [1.165, 1.54) is 21.3 Å². The third-order valence-electron chi connectivity index (χ3n) is 6.07. The Labute approximate surface area is 187 Å². The molecule has 2 fully saturated rings. The van der Waals surface area contributed by atoms with Gasteiger partial charge in [-0.05, 0) is 36.4 Å². The largest absolute Gasteiger partial charge is 0.340 e. The minimum Gasteiger partial charge on any atom is -0.340 e. The summed E-state index contributed by atoms with van der Waals surface area (Å²) in [6.45, 7) is 4.70. The fourth-order valence-electron chi connectivity index (χ4n) is 4.27. The zero-order valence-electron chi connectivity index (χ0n) is 17.3. The second-order valence-electron chi connectivity index (χ2n) is 7.97. The lowest BCUT2D eigenvalue weighted by Crippen LogP contribution is -2.51. The molecule has 3 heterocycles. The van der Waals surface area contributed by atoms with Crippen LogP contribution in [-0.4, -0.2) is 67.7 Å². The molecule has 0 radical (unpaired) electrons. The molecule has 1 aromatic heterocycles. The summed E-state index contributed by atoms with van der Waals surface area (Å²) in [5.41, 5.74) is 0.154. The summed E-state index contributed by atoms with van der Waals surface area (Å²) in [6.07, 6.45) is 1.03. The highest BCUT2D eigenvalue weighted by Crippen LogP contribution is 2.27. The monoisotopic (exact) mass is 458 g/mol. The van der Waals surface area contributed by atoms with Gasteiger partial charge in [0.15, 0.2) is 0 Å². The van der Waals surface area contributed by atoms with E-state index in [0.717, 1.165) is 32.7 Å². The van der Waals surface area contributed by atoms with E-state index < -0.39 is 10.0 Å². The summed E-state index contributed by atoms with van der Waals surface area (Å²) < 4.78 is 27.4. The minimum atomic E-state index is -3.73. The summed E-state index contributed by atoms with van der Waals surface area (Å²) in [6, 6.07) is 12.4. The summed E-state index contributed by atoms with van der Waals surface area (Å²) >= 11 is 1.76. The number of piperazine rings is 1. The number of hydrogen-bond donors (Lipinski definition) is 0. The number of nitriles is 1. The van der Waals surface area contributed by atoms with Gasteiger partial charge in [-0.15, -0.1) is 11.3 Å². The first-order chi connectivity index (χ1) is 15.0. The molecule has 31 heavy (non-hydrogen) atoms. The molecule has 2 saturated heterocycles. The van der Waals surface area contributed by atoms with E-state index in [4.69, 9.17) is 0 Å². The molecule has 0 atom stereocenters. The molecule has 0 saturated carbocycles. The molecule has 4 rings (SSSR count). The average molecular weight is 459 g/mol. The molecule has 2 aliphatic rings. The third kappa shape index (κ3) is 4.83. The maximum Gasteiger partial charge on any atom is 0.244 e. The van der Waals surface area contributed by atoms with Crippen molar-refractivity contribution in [3.8, 4) is 6.07 Å². The molecule has 0 spiro atoms. The van der Waals surface area contributed by atoms with Gasteiger partial charge >= 0.3 is 0 Å². The van der Waals surface area contributed by atoms with Crippen LogP contribution in [0.4, 0.5) is 0 Å². The molecule has 0 aliphatic carbocycles. The van der Waals surface area contributed by atoms with Crippen molar-refractivity contribution in [3.63, 3.8) is 0 Å². The normalized spacial score (nSPS) is 19.3. The van der Waals surface area contributed by atoms with Gasteiger partial charge in [-0.1, -0.05) is 18.2 Å². The first-order valence-electron chi connectivity index (χ1n) is 10.5. The summed E-state index contributed by atoms with van der Waals surface area (Å²) in [4.78, 5) is 18.7. The molecule has 164 valence electrons. The van der Waals surface area contributed by atoms with Crippen molar-refractivity contribution in [2.75, 3.05) is 39.3 Å². The quantitative estimate of drug-likeness (QED) is 0.687. The van der Waals surface area contributed by atoms with Gasteiger partial charge in [0.2, 0.25) is 15.9 Å². The first-order valence-corrected chi connectivity index (χ1v) is 12.8. The van der Waals surface area contributed by atoms with E-state index in [-0.39, 0.29) is 22.3 Å². The van der Waals surface area contributed by atoms with Crippen molar-refractivity contribution in [2.24, 2.45) is 5.92 Å². The number of carbonyl (C=O) groups excluding carboxylic acids is 1. The zero-order valence-corrected chi connectivity index (χ0v) is 18.9. The molecule has 0 unspecified atom stereocenters. The van der Waals surface area contributed by atoms with Gasteiger partial charge in [-0.3, -0.25) is 9.69 Å². The molecule has 1 aromatic carbocycles. The number of carbonyl (C=O) groups is 1. The Hall–Kier alpha value is -2.25. The topological polar surface area (TPSA) is 84.7 Å². The highest BCUT2D eigenvalue weighted by molar-refractivity contribution is 7.89. The highest BCUT2D eigenvalue weighted by Gasteiger charge is 2.35. The standard InChI is InChI=1S/C22H26N4O3S2/c23-16-19-4-1-2-6-21(19)31(28,29)26-9-7-18(8-10-26)22(27)25-13-11-24(12-14-25)17-20-5-3-15-30-20/h1-6,15,18H,7-14,17H2. The molecule has 0 N–H and O–H groups in total. The van der Waals surface area contributed by atoms with Gasteiger partial charge in [0.25, 0.3) is 0 Å². The van der Waals surface area contributed by atoms with Gasteiger partial charge < -0.3 is 4.90 Å². The number of piperidine rings is 1.